The predicted molar refractivity (Wildman–Crippen MR) is 60.8 cm³/mol. The highest BCUT2D eigenvalue weighted by atomic mass is 16.5. The molecule has 84 valence electrons. The molecule has 0 amide bonds. The molecule has 3 heteroatoms. The quantitative estimate of drug-likeness (QED) is 0.728. The van der Waals surface area contributed by atoms with E-state index in [9.17, 15) is 4.79 Å². The van der Waals surface area contributed by atoms with E-state index in [1.54, 1.807) is 0 Å². The highest BCUT2D eigenvalue weighted by molar-refractivity contribution is 5.71. The molecule has 0 saturated carbocycles. The average molecular weight is 217 g/mol. The van der Waals surface area contributed by atoms with Gasteiger partial charge in [0.25, 0.3) is 0 Å². The molecule has 0 saturated heterocycles. The molecule has 16 heavy (non-hydrogen) atoms. The van der Waals surface area contributed by atoms with E-state index >= 15 is 0 Å². The number of carbonyl (C=O) groups is 1. The molecule has 0 spiro atoms. The number of rotatable bonds is 4. The van der Waals surface area contributed by atoms with Crippen molar-refractivity contribution < 1.29 is 9.53 Å². The molecule has 1 atom stereocenters. The second kappa shape index (κ2) is 5.92. The van der Waals surface area contributed by atoms with Gasteiger partial charge in [-0.3, -0.25) is 4.79 Å². The Morgan fingerprint density at radius 3 is 2.50 bits per heavy atom. The Morgan fingerprint density at radius 1 is 1.44 bits per heavy atom. The molecular weight excluding hydrogens is 202 g/mol. The van der Waals surface area contributed by atoms with Gasteiger partial charge in [0.2, 0.25) is 0 Å². The summed E-state index contributed by atoms with van der Waals surface area (Å²) in [5.74, 6) is -0.774. The maximum atomic E-state index is 11.1. The lowest BCUT2D eigenvalue weighted by Crippen LogP contribution is -2.07. The fourth-order valence-corrected chi connectivity index (χ4v) is 1.47. The van der Waals surface area contributed by atoms with Crippen molar-refractivity contribution >= 4 is 5.97 Å². The fraction of sp³-hybridized carbons (Fsp3) is 0.385. The molecule has 3 nitrogen and oxygen atoms in total. The highest BCUT2D eigenvalue weighted by Gasteiger charge is 2.15. The first-order valence-corrected chi connectivity index (χ1v) is 5.26. The number of hydrogen-bond donors (Lipinski definition) is 0. The molecular formula is C13H15NO2. The zero-order valence-corrected chi connectivity index (χ0v) is 9.56. The SMILES string of the molecule is CCc1ccc(C(C#N)CC(=O)OC)cc1. The summed E-state index contributed by atoms with van der Waals surface area (Å²) in [4.78, 5) is 11.1. The first kappa shape index (κ1) is 12.3. The average Bonchev–Trinajstić information content (AvgIpc) is 2.35. The van der Waals surface area contributed by atoms with Gasteiger partial charge in [-0.2, -0.15) is 5.26 Å². The van der Waals surface area contributed by atoms with Gasteiger partial charge < -0.3 is 4.74 Å². The number of aryl methyl sites for hydroxylation is 1. The van der Waals surface area contributed by atoms with E-state index < -0.39 is 5.92 Å². The van der Waals surface area contributed by atoms with Crippen molar-refractivity contribution in [1.29, 1.82) is 5.26 Å². The summed E-state index contributed by atoms with van der Waals surface area (Å²) in [5, 5.41) is 8.99. The van der Waals surface area contributed by atoms with Crippen molar-refractivity contribution in [3.05, 3.63) is 35.4 Å². The van der Waals surface area contributed by atoms with Gasteiger partial charge in [-0.15, -0.1) is 0 Å². The summed E-state index contributed by atoms with van der Waals surface area (Å²) in [6, 6.07) is 9.88. The zero-order valence-electron chi connectivity index (χ0n) is 9.56. The molecule has 0 aliphatic rings. The second-order valence-electron chi connectivity index (χ2n) is 3.56. The van der Waals surface area contributed by atoms with E-state index in [2.05, 4.69) is 17.7 Å². The van der Waals surface area contributed by atoms with Gasteiger partial charge >= 0.3 is 5.97 Å². The van der Waals surface area contributed by atoms with Crippen molar-refractivity contribution in [3.63, 3.8) is 0 Å². The third-order valence-electron chi connectivity index (χ3n) is 2.54. The minimum absolute atomic E-state index is 0.110. The Labute approximate surface area is 95.7 Å². The van der Waals surface area contributed by atoms with Crippen molar-refractivity contribution in [2.24, 2.45) is 0 Å². The van der Waals surface area contributed by atoms with Crippen molar-refractivity contribution in [2.75, 3.05) is 7.11 Å². The van der Waals surface area contributed by atoms with E-state index in [0.29, 0.717) is 0 Å². The minimum atomic E-state index is -0.418. The standard InChI is InChI=1S/C13H15NO2/c1-3-10-4-6-11(7-5-10)12(9-14)8-13(15)16-2/h4-7,12H,3,8H2,1-2H3. The van der Waals surface area contributed by atoms with E-state index in [4.69, 9.17) is 5.26 Å². The van der Waals surface area contributed by atoms with Crippen LogP contribution in [-0.4, -0.2) is 13.1 Å². The molecule has 1 rings (SSSR count). The Kier molecular flexibility index (Phi) is 4.53. The third-order valence-corrected chi connectivity index (χ3v) is 2.54. The molecule has 0 aliphatic heterocycles. The van der Waals surface area contributed by atoms with E-state index in [1.165, 1.54) is 12.7 Å². The number of nitriles is 1. The minimum Gasteiger partial charge on any atom is -0.469 e. The van der Waals surface area contributed by atoms with Gasteiger partial charge in [-0.05, 0) is 17.5 Å². The molecule has 0 bridgehead atoms. The lowest BCUT2D eigenvalue weighted by molar-refractivity contribution is -0.140. The van der Waals surface area contributed by atoms with Crippen LogP contribution in [0.4, 0.5) is 0 Å². The molecule has 0 aromatic heterocycles. The number of carbonyl (C=O) groups excluding carboxylic acids is 1. The van der Waals surface area contributed by atoms with Crippen LogP contribution < -0.4 is 0 Å². The molecule has 0 N–H and O–H groups in total. The van der Waals surface area contributed by atoms with Crippen LogP contribution >= 0.6 is 0 Å². The second-order valence-corrected chi connectivity index (χ2v) is 3.56. The third kappa shape index (κ3) is 3.09. The Balaban J connectivity index is 2.79. The van der Waals surface area contributed by atoms with Crippen LogP contribution in [0.5, 0.6) is 0 Å². The Hall–Kier alpha value is -1.82. The molecule has 1 aromatic carbocycles. The molecule has 0 heterocycles. The normalized spacial score (nSPS) is 11.6. The number of methoxy groups -OCH3 is 1. The Morgan fingerprint density at radius 2 is 2.06 bits per heavy atom. The van der Waals surface area contributed by atoms with Crippen LogP contribution in [0.1, 0.15) is 30.4 Å². The largest absolute Gasteiger partial charge is 0.469 e. The van der Waals surface area contributed by atoms with Gasteiger partial charge in [0.1, 0.15) is 0 Å². The first-order chi connectivity index (χ1) is 7.71. The monoisotopic (exact) mass is 217 g/mol. The first-order valence-electron chi connectivity index (χ1n) is 5.26. The number of ether oxygens (including phenoxy) is 1. The summed E-state index contributed by atoms with van der Waals surface area (Å²) in [5.41, 5.74) is 2.09. The topological polar surface area (TPSA) is 50.1 Å². The number of hydrogen-bond acceptors (Lipinski definition) is 3. The summed E-state index contributed by atoms with van der Waals surface area (Å²) in [6.07, 6.45) is 1.08. The molecule has 0 aliphatic carbocycles. The van der Waals surface area contributed by atoms with Crippen molar-refractivity contribution in [1.82, 2.24) is 0 Å². The van der Waals surface area contributed by atoms with Gasteiger partial charge in [-0.1, -0.05) is 31.2 Å². The summed E-state index contributed by atoms with van der Waals surface area (Å²) < 4.78 is 4.56. The summed E-state index contributed by atoms with van der Waals surface area (Å²) >= 11 is 0. The van der Waals surface area contributed by atoms with Crippen molar-refractivity contribution in [3.8, 4) is 6.07 Å². The summed E-state index contributed by atoms with van der Waals surface area (Å²) in [6.45, 7) is 2.07. The van der Waals surface area contributed by atoms with E-state index in [0.717, 1.165) is 12.0 Å². The van der Waals surface area contributed by atoms with Crippen LogP contribution in [0.2, 0.25) is 0 Å². The van der Waals surface area contributed by atoms with E-state index in [1.807, 2.05) is 24.3 Å². The summed E-state index contributed by atoms with van der Waals surface area (Å²) in [7, 11) is 1.33. The molecule has 0 fully saturated rings. The van der Waals surface area contributed by atoms with Gasteiger partial charge in [0.05, 0.1) is 25.5 Å². The molecule has 1 aromatic rings. The highest BCUT2D eigenvalue weighted by Crippen LogP contribution is 2.20. The maximum Gasteiger partial charge on any atom is 0.307 e. The number of esters is 1. The van der Waals surface area contributed by atoms with Gasteiger partial charge in [0.15, 0.2) is 0 Å². The lowest BCUT2D eigenvalue weighted by Gasteiger charge is -2.08. The van der Waals surface area contributed by atoms with Gasteiger partial charge in [0, 0.05) is 0 Å². The van der Waals surface area contributed by atoms with Gasteiger partial charge in [-0.25, -0.2) is 0 Å². The molecule has 0 radical (unpaired) electrons. The van der Waals surface area contributed by atoms with Crippen molar-refractivity contribution in [2.45, 2.75) is 25.7 Å². The lowest BCUT2D eigenvalue weighted by atomic mass is 9.96. The predicted octanol–water partition coefficient (Wildman–Crippen LogP) is 2.42. The van der Waals surface area contributed by atoms with Crippen LogP contribution in [0, 0.1) is 11.3 Å². The fourth-order valence-electron chi connectivity index (χ4n) is 1.47. The Bertz CT molecular complexity index is 389. The zero-order chi connectivity index (χ0) is 12.0. The molecule has 1 unspecified atom stereocenters. The van der Waals surface area contributed by atoms with E-state index in [-0.39, 0.29) is 12.4 Å². The van der Waals surface area contributed by atoms with Crippen LogP contribution in [0.15, 0.2) is 24.3 Å². The maximum absolute atomic E-state index is 11.1. The number of nitrogens with zero attached hydrogens (tertiary/aromatic N) is 1. The van der Waals surface area contributed by atoms with Crippen LogP contribution in [-0.2, 0) is 16.0 Å². The van der Waals surface area contributed by atoms with Crippen LogP contribution in [0.25, 0.3) is 0 Å². The smallest absolute Gasteiger partial charge is 0.307 e. The van der Waals surface area contributed by atoms with Crippen LogP contribution in [0.3, 0.4) is 0 Å². The number of benzene rings is 1.